The fourth-order valence-corrected chi connectivity index (χ4v) is 2.95. The molecular weight excluding hydrogens is 357 g/mol. The lowest BCUT2D eigenvalue weighted by atomic mass is 10.00. The maximum Gasteiger partial charge on any atom is 0.331 e. The molecule has 1 aliphatic rings. The van der Waals surface area contributed by atoms with Crippen molar-refractivity contribution in [2.75, 3.05) is 18.4 Å². The van der Waals surface area contributed by atoms with E-state index in [-0.39, 0.29) is 18.9 Å². The Labute approximate surface area is 156 Å². The molecule has 1 aromatic heterocycles. The molecule has 0 radical (unpaired) electrons. The first-order chi connectivity index (χ1) is 13.0. The Morgan fingerprint density at radius 1 is 1.56 bits per heavy atom. The van der Waals surface area contributed by atoms with Crippen LogP contribution in [0, 0.1) is 11.7 Å². The van der Waals surface area contributed by atoms with Crippen molar-refractivity contribution in [1.29, 1.82) is 0 Å². The summed E-state index contributed by atoms with van der Waals surface area (Å²) in [6.45, 7) is 2.27. The van der Waals surface area contributed by atoms with Gasteiger partial charge in [-0.05, 0) is 18.9 Å². The minimum atomic E-state index is -0.747. The van der Waals surface area contributed by atoms with Gasteiger partial charge in [-0.25, -0.2) is 30.0 Å². The van der Waals surface area contributed by atoms with Crippen molar-refractivity contribution in [3.63, 3.8) is 0 Å². The number of carbonyl (C=O) groups is 3. The molecule has 2 atom stereocenters. The highest BCUT2D eigenvalue weighted by atomic mass is 19.1. The third-order valence-electron chi connectivity index (χ3n) is 4.37. The molecule has 0 bridgehead atoms. The predicted octanol–water partition coefficient (Wildman–Crippen LogP) is 0.338. The lowest BCUT2D eigenvalue weighted by Crippen LogP contribution is -2.51. The third kappa shape index (κ3) is 5.69. The number of hydrogen-bond acceptors (Lipinski definition) is 5. The predicted molar refractivity (Wildman–Crippen MR) is 92.4 cm³/mol. The van der Waals surface area contributed by atoms with Crippen LogP contribution in [0.25, 0.3) is 0 Å². The topological polar surface area (TPSA) is 116 Å². The maximum absolute atomic E-state index is 13.0. The summed E-state index contributed by atoms with van der Waals surface area (Å²) >= 11 is 0. The molecule has 0 aliphatic carbocycles. The van der Waals surface area contributed by atoms with Crippen LogP contribution in [0.3, 0.4) is 0 Å². The van der Waals surface area contributed by atoms with Gasteiger partial charge >= 0.3 is 5.91 Å². The van der Waals surface area contributed by atoms with E-state index in [0.29, 0.717) is 30.3 Å². The number of halogens is 1. The van der Waals surface area contributed by atoms with Crippen LogP contribution >= 0.6 is 0 Å². The summed E-state index contributed by atoms with van der Waals surface area (Å²) in [5, 5.41) is 13.8. The van der Waals surface area contributed by atoms with Crippen molar-refractivity contribution in [3.8, 4) is 0 Å². The zero-order chi connectivity index (χ0) is 19.8. The van der Waals surface area contributed by atoms with Crippen LogP contribution in [-0.4, -0.2) is 52.6 Å². The molecule has 4 N–H and O–H groups in total. The van der Waals surface area contributed by atoms with Gasteiger partial charge in [0, 0.05) is 12.6 Å². The van der Waals surface area contributed by atoms with E-state index < -0.39 is 23.7 Å². The SMILES string of the molecule is CCCC[C@H](CN(O)C=O)C(=O)N1NCC[C@H]1C(=O)Nc1ccc(F)c[nH+]1. The van der Waals surface area contributed by atoms with Gasteiger partial charge < -0.3 is 0 Å². The number of nitrogens with one attached hydrogen (secondary N) is 3. The van der Waals surface area contributed by atoms with E-state index in [1.54, 1.807) is 0 Å². The van der Waals surface area contributed by atoms with Gasteiger partial charge in [-0.1, -0.05) is 19.8 Å². The summed E-state index contributed by atoms with van der Waals surface area (Å²) in [6, 6.07) is 1.85. The zero-order valence-corrected chi connectivity index (χ0v) is 15.2. The second kappa shape index (κ2) is 9.93. The quantitative estimate of drug-likeness (QED) is 0.324. The van der Waals surface area contributed by atoms with E-state index in [1.807, 2.05) is 6.92 Å². The van der Waals surface area contributed by atoms with Gasteiger partial charge in [-0.2, -0.15) is 0 Å². The van der Waals surface area contributed by atoms with Crippen LogP contribution in [0.2, 0.25) is 0 Å². The molecule has 0 aromatic carbocycles. The summed E-state index contributed by atoms with van der Waals surface area (Å²) in [6.07, 6.45) is 3.86. The number of hydrazine groups is 1. The first-order valence-electron chi connectivity index (χ1n) is 8.91. The minimum Gasteiger partial charge on any atom is -0.286 e. The average molecular weight is 382 g/mol. The van der Waals surface area contributed by atoms with Crippen molar-refractivity contribution < 1.29 is 29.0 Å². The molecule has 0 spiro atoms. The first kappa shape index (κ1) is 20.7. The maximum atomic E-state index is 13.0. The van der Waals surface area contributed by atoms with Gasteiger partial charge in [0.15, 0.2) is 11.9 Å². The van der Waals surface area contributed by atoms with Gasteiger partial charge in [-0.3, -0.25) is 19.8 Å². The number of unbranched alkanes of at least 4 members (excludes halogenated alkanes) is 1. The number of hydrogen-bond donors (Lipinski definition) is 3. The van der Waals surface area contributed by atoms with E-state index in [2.05, 4.69) is 15.7 Å². The Balaban J connectivity index is 2.06. The summed E-state index contributed by atoms with van der Waals surface area (Å²) in [5.74, 6) is -1.55. The number of carbonyl (C=O) groups excluding carboxylic acids is 3. The average Bonchev–Trinajstić information content (AvgIpc) is 3.16. The number of pyridine rings is 1. The minimum absolute atomic E-state index is 0.138. The highest BCUT2D eigenvalue weighted by Crippen LogP contribution is 2.19. The normalized spacial score (nSPS) is 17.4. The van der Waals surface area contributed by atoms with Crippen molar-refractivity contribution >= 4 is 24.0 Å². The largest absolute Gasteiger partial charge is 0.331 e. The van der Waals surface area contributed by atoms with Crippen LogP contribution in [0.15, 0.2) is 18.3 Å². The standard InChI is InChI=1S/C17H24FN5O4/c1-2-3-4-12(10-22(27)11-24)17(26)23-14(7-8-20-23)16(25)21-15-6-5-13(18)9-19-15/h5-6,9,11-12,14,20,27H,2-4,7-8,10H2,1H3,(H,19,21,25)/p+1/t12-,14+/m1/s1. The first-order valence-corrected chi connectivity index (χ1v) is 8.91. The summed E-state index contributed by atoms with van der Waals surface area (Å²) in [7, 11) is 0. The fourth-order valence-electron chi connectivity index (χ4n) is 2.95. The highest BCUT2D eigenvalue weighted by Gasteiger charge is 2.39. The van der Waals surface area contributed by atoms with Crippen LogP contribution in [-0.2, 0) is 14.4 Å². The van der Waals surface area contributed by atoms with E-state index in [9.17, 15) is 24.0 Å². The molecule has 1 fully saturated rings. The number of aromatic nitrogens is 1. The summed E-state index contributed by atoms with van der Waals surface area (Å²) < 4.78 is 13.0. The Kier molecular flexibility index (Phi) is 7.62. The number of amides is 3. The molecule has 1 saturated heterocycles. The third-order valence-corrected chi connectivity index (χ3v) is 4.37. The molecule has 9 nitrogen and oxygen atoms in total. The number of nitrogens with zero attached hydrogens (tertiary/aromatic N) is 2. The molecule has 0 saturated carbocycles. The Morgan fingerprint density at radius 2 is 2.33 bits per heavy atom. The Bertz CT molecular complexity index is 657. The van der Waals surface area contributed by atoms with Crippen LogP contribution < -0.4 is 15.7 Å². The molecule has 27 heavy (non-hydrogen) atoms. The number of anilines is 1. The van der Waals surface area contributed by atoms with Gasteiger partial charge in [-0.15, -0.1) is 0 Å². The molecule has 1 aliphatic heterocycles. The zero-order valence-electron chi connectivity index (χ0n) is 15.2. The van der Waals surface area contributed by atoms with Crippen molar-refractivity contribution in [1.82, 2.24) is 15.5 Å². The lowest BCUT2D eigenvalue weighted by molar-refractivity contribution is -0.363. The molecule has 1 aromatic rings. The van der Waals surface area contributed by atoms with Crippen molar-refractivity contribution in [3.05, 3.63) is 24.1 Å². The van der Waals surface area contributed by atoms with Gasteiger partial charge in [0.05, 0.1) is 12.5 Å². The Morgan fingerprint density at radius 3 is 2.96 bits per heavy atom. The van der Waals surface area contributed by atoms with Crippen molar-refractivity contribution in [2.24, 2.45) is 5.92 Å². The summed E-state index contributed by atoms with van der Waals surface area (Å²) in [4.78, 5) is 38.8. The van der Waals surface area contributed by atoms with E-state index in [4.69, 9.17) is 0 Å². The van der Waals surface area contributed by atoms with Crippen LogP contribution in [0.5, 0.6) is 0 Å². The molecule has 2 heterocycles. The van der Waals surface area contributed by atoms with E-state index >= 15 is 0 Å². The number of aromatic amines is 1. The molecule has 2 rings (SSSR count). The van der Waals surface area contributed by atoms with E-state index in [0.717, 1.165) is 19.0 Å². The molecule has 10 heteroatoms. The Hall–Kier alpha value is -2.59. The molecule has 0 unspecified atom stereocenters. The van der Waals surface area contributed by atoms with Gasteiger partial charge in [0.25, 0.3) is 5.82 Å². The smallest absolute Gasteiger partial charge is 0.286 e. The summed E-state index contributed by atoms with van der Waals surface area (Å²) in [5.41, 5.74) is 2.89. The fraction of sp³-hybridized carbons (Fsp3) is 0.529. The highest BCUT2D eigenvalue weighted by molar-refractivity contribution is 5.96. The van der Waals surface area contributed by atoms with Crippen molar-refractivity contribution in [2.45, 2.75) is 38.6 Å². The second-order valence-electron chi connectivity index (χ2n) is 6.40. The van der Waals surface area contributed by atoms with Crippen LogP contribution in [0.4, 0.5) is 10.2 Å². The number of hydroxylamine groups is 2. The lowest BCUT2D eigenvalue weighted by Gasteiger charge is -2.27. The second-order valence-corrected chi connectivity index (χ2v) is 6.40. The van der Waals surface area contributed by atoms with Gasteiger partial charge in [0.2, 0.25) is 12.3 Å². The monoisotopic (exact) mass is 382 g/mol. The number of H-pyrrole nitrogens is 1. The molecular formula is C17H25FN5O4+. The number of rotatable bonds is 9. The van der Waals surface area contributed by atoms with Crippen LogP contribution in [0.1, 0.15) is 32.6 Å². The molecule has 148 valence electrons. The van der Waals surface area contributed by atoms with E-state index in [1.165, 1.54) is 17.1 Å². The molecule has 3 amide bonds. The van der Waals surface area contributed by atoms with Gasteiger partial charge in [0.1, 0.15) is 6.20 Å².